The average molecular weight is 301 g/mol. The largest absolute Gasteiger partial charge is 0.294 e. The van der Waals surface area contributed by atoms with Gasteiger partial charge in [0.1, 0.15) is 5.01 Å². The minimum absolute atomic E-state index is 0.498. The summed E-state index contributed by atoms with van der Waals surface area (Å²) in [6.45, 7) is 7.05. The molecule has 0 aliphatic carbocycles. The second kappa shape index (κ2) is 7.61. The number of halogens is 1. The van der Waals surface area contributed by atoms with E-state index in [-0.39, 0.29) is 0 Å². The molecule has 1 aliphatic heterocycles. The smallest absolute Gasteiger partial charge is 0.110 e. The molecule has 1 aromatic heterocycles. The summed E-state index contributed by atoms with van der Waals surface area (Å²) < 4.78 is 0. The Bertz CT molecular complexity index is 380. The summed E-state index contributed by atoms with van der Waals surface area (Å²) in [6.07, 6.45) is 6.56. The molecule has 0 bridgehead atoms. The molecule has 1 aromatic rings. The van der Waals surface area contributed by atoms with Crippen molar-refractivity contribution in [2.45, 2.75) is 57.9 Å². The summed E-state index contributed by atoms with van der Waals surface area (Å²) in [5, 5.41) is 3.37. The highest BCUT2D eigenvalue weighted by Crippen LogP contribution is 2.31. The molecule has 108 valence electrons. The van der Waals surface area contributed by atoms with Gasteiger partial charge in [-0.2, -0.15) is 0 Å². The van der Waals surface area contributed by atoms with E-state index in [4.69, 9.17) is 11.6 Å². The molecule has 0 N–H and O–H groups in total. The first kappa shape index (κ1) is 15.3. The third kappa shape index (κ3) is 3.93. The first-order chi connectivity index (χ1) is 9.28. The van der Waals surface area contributed by atoms with Crippen molar-refractivity contribution < 1.29 is 0 Å². The Kier molecular flexibility index (Phi) is 6.11. The molecule has 2 heterocycles. The molecule has 0 spiro atoms. The fourth-order valence-electron chi connectivity index (χ4n) is 3.03. The second-order valence-electron chi connectivity index (χ2n) is 5.48. The Morgan fingerprint density at radius 3 is 2.89 bits per heavy atom. The first-order valence-corrected chi connectivity index (χ1v) is 8.94. The second-order valence-corrected chi connectivity index (χ2v) is 6.63. The number of thiazole rings is 1. The van der Waals surface area contributed by atoms with Gasteiger partial charge in [-0.25, -0.2) is 4.98 Å². The van der Waals surface area contributed by atoms with Gasteiger partial charge in [0, 0.05) is 5.38 Å². The standard InChI is InChI=1S/C15H25ClN2S/c1-3-12-6-5-8-18(9-7-12)14(4-2)15-17-13(10-16)11-19-15/h11-12,14H,3-10H2,1-2H3. The summed E-state index contributed by atoms with van der Waals surface area (Å²) in [5.74, 6) is 1.46. The average Bonchev–Trinajstić information content (AvgIpc) is 2.78. The van der Waals surface area contributed by atoms with Gasteiger partial charge in [0.25, 0.3) is 0 Å². The minimum atomic E-state index is 0.498. The Balaban J connectivity index is 2.04. The molecule has 1 aliphatic rings. The summed E-state index contributed by atoms with van der Waals surface area (Å²) >= 11 is 7.65. The minimum Gasteiger partial charge on any atom is -0.294 e. The first-order valence-electron chi connectivity index (χ1n) is 7.52. The maximum Gasteiger partial charge on any atom is 0.110 e. The van der Waals surface area contributed by atoms with E-state index in [1.165, 1.54) is 43.8 Å². The van der Waals surface area contributed by atoms with Gasteiger partial charge in [-0.05, 0) is 44.7 Å². The zero-order chi connectivity index (χ0) is 13.7. The number of alkyl halides is 1. The lowest BCUT2D eigenvalue weighted by Gasteiger charge is -2.28. The molecular weight excluding hydrogens is 276 g/mol. The van der Waals surface area contributed by atoms with E-state index in [9.17, 15) is 0 Å². The predicted molar refractivity (Wildman–Crippen MR) is 83.9 cm³/mol. The molecule has 4 heteroatoms. The highest BCUT2D eigenvalue weighted by atomic mass is 35.5. The number of aromatic nitrogens is 1. The third-order valence-electron chi connectivity index (χ3n) is 4.28. The van der Waals surface area contributed by atoms with Gasteiger partial charge in [0.2, 0.25) is 0 Å². The molecular formula is C15H25ClN2S. The van der Waals surface area contributed by atoms with Gasteiger partial charge in [0.05, 0.1) is 17.6 Å². The van der Waals surface area contributed by atoms with Gasteiger partial charge < -0.3 is 0 Å². The van der Waals surface area contributed by atoms with Crippen molar-refractivity contribution in [1.82, 2.24) is 9.88 Å². The zero-order valence-electron chi connectivity index (χ0n) is 12.1. The van der Waals surface area contributed by atoms with Gasteiger partial charge in [-0.1, -0.05) is 20.3 Å². The van der Waals surface area contributed by atoms with E-state index in [2.05, 4.69) is 29.1 Å². The van der Waals surface area contributed by atoms with Gasteiger partial charge in [-0.15, -0.1) is 22.9 Å². The van der Waals surface area contributed by atoms with E-state index < -0.39 is 0 Å². The van der Waals surface area contributed by atoms with Crippen LogP contribution in [0.2, 0.25) is 0 Å². The van der Waals surface area contributed by atoms with E-state index in [1.54, 1.807) is 11.3 Å². The number of nitrogens with zero attached hydrogens (tertiary/aromatic N) is 2. The molecule has 2 nitrogen and oxygen atoms in total. The van der Waals surface area contributed by atoms with Crippen LogP contribution in [0.15, 0.2) is 5.38 Å². The molecule has 0 amide bonds. The van der Waals surface area contributed by atoms with Crippen LogP contribution in [0, 0.1) is 5.92 Å². The van der Waals surface area contributed by atoms with Crippen LogP contribution in [-0.2, 0) is 5.88 Å². The zero-order valence-corrected chi connectivity index (χ0v) is 13.6. The molecule has 2 rings (SSSR count). The molecule has 19 heavy (non-hydrogen) atoms. The summed E-state index contributed by atoms with van der Waals surface area (Å²) in [5.41, 5.74) is 1.03. The molecule has 0 saturated carbocycles. The van der Waals surface area contributed by atoms with E-state index in [0.717, 1.165) is 18.0 Å². The summed E-state index contributed by atoms with van der Waals surface area (Å²) in [4.78, 5) is 7.34. The molecule has 2 unspecified atom stereocenters. The SMILES string of the molecule is CCC1CCCN(C(CC)c2nc(CCl)cs2)CC1. The fraction of sp³-hybridized carbons (Fsp3) is 0.800. The third-order valence-corrected chi connectivity index (χ3v) is 5.55. The molecule has 2 atom stereocenters. The topological polar surface area (TPSA) is 16.1 Å². The quantitative estimate of drug-likeness (QED) is 0.723. The molecule has 0 radical (unpaired) electrons. The van der Waals surface area contributed by atoms with Crippen LogP contribution in [0.1, 0.15) is 62.7 Å². The normalized spacial score (nSPS) is 23.2. The van der Waals surface area contributed by atoms with Crippen LogP contribution < -0.4 is 0 Å². The van der Waals surface area contributed by atoms with E-state index in [0.29, 0.717) is 11.9 Å². The van der Waals surface area contributed by atoms with Gasteiger partial charge in [-0.3, -0.25) is 4.90 Å². The van der Waals surface area contributed by atoms with Crippen LogP contribution in [0.25, 0.3) is 0 Å². The number of hydrogen-bond donors (Lipinski definition) is 0. The van der Waals surface area contributed by atoms with Crippen LogP contribution in [-0.4, -0.2) is 23.0 Å². The monoisotopic (exact) mass is 300 g/mol. The number of rotatable bonds is 5. The maximum absolute atomic E-state index is 5.87. The van der Waals surface area contributed by atoms with Crippen LogP contribution in [0.3, 0.4) is 0 Å². The Hall–Kier alpha value is -0.120. The van der Waals surface area contributed by atoms with Gasteiger partial charge in [0.15, 0.2) is 0 Å². The van der Waals surface area contributed by atoms with Crippen molar-refractivity contribution in [1.29, 1.82) is 0 Å². The van der Waals surface area contributed by atoms with Crippen molar-refractivity contribution in [2.24, 2.45) is 5.92 Å². The van der Waals surface area contributed by atoms with E-state index >= 15 is 0 Å². The van der Waals surface area contributed by atoms with Crippen molar-refractivity contribution >= 4 is 22.9 Å². The predicted octanol–water partition coefficient (Wildman–Crippen LogP) is 4.85. The Morgan fingerprint density at radius 2 is 2.26 bits per heavy atom. The number of hydrogen-bond acceptors (Lipinski definition) is 3. The lowest BCUT2D eigenvalue weighted by Crippen LogP contribution is -2.29. The van der Waals surface area contributed by atoms with Crippen molar-refractivity contribution in [3.8, 4) is 0 Å². The van der Waals surface area contributed by atoms with Crippen molar-refractivity contribution in [2.75, 3.05) is 13.1 Å². The number of likely N-dealkylation sites (tertiary alicyclic amines) is 1. The van der Waals surface area contributed by atoms with Crippen LogP contribution in [0.4, 0.5) is 0 Å². The molecule has 1 fully saturated rings. The van der Waals surface area contributed by atoms with Crippen LogP contribution in [0.5, 0.6) is 0 Å². The van der Waals surface area contributed by atoms with Crippen LogP contribution >= 0.6 is 22.9 Å². The van der Waals surface area contributed by atoms with E-state index in [1.807, 2.05) is 0 Å². The van der Waals surface area contributed by atoms with Crippen molar-refractivity contribution in [3.05, 3.63) is 16.1 Å². The lowest BCUT2D eigenvalue weighted by atomic mass is 9.98. The highest BCUT2D eigenvalue weighted by Gasteiger charge is 2.24. The molecule has 0 aromatic carbocycles. The highest BCUT2D eigenvalue weighted by molar-refractivity contribution is 7.09. The summed E-state index contributed by atoms with van der Waals surface area (Å²) in [7, 11) is 0. The Labute approximate surface area is 126 Å². The maximum atomic E-state index is 5.87. The van der Waals surface area contributed by atoms with Crippen molar-refractivity contribution in [3.63, 3.8) is 0 Å². The Morgan fingerprint density at radius 1 is 1.42 bits per heavy atom. The molecule has 1 saturated heterocycles. The lowest BCUT2D eigenvalue weighted by molar-refractivity contribution is 0.196. The fourth-order valence-corrected chi connectivity index (χ4v) is 4.30. The summed E-state index contributed by atoms with van der Waals surface area (Å²) in [6, 6.07) is 0.498. The van der Waals surface area contributed by atoms with Gasteiger partial charge >= 0.3 is 0 Å².